The molecule has 0 saturated carbocycles. The van der Waals surface area contributed by atoms with Crippen LogP contribution in [0, 0.1) is 13.8 Å². The standard InChI is InChI=1S/C19H26N2/c1-4-13-20-19(18-10-9-16(3)21-14-18)12-11-17-8-6-5-7-15(17)2/h5-10,14,19-20H,4,11-13H2,1-3H3. The lowest BCUT2D eigenvalue weighted by atomic mass is 9.97. The Morgan fingerprint density at radius 2 is 1.90 bits per heavy atom. The zero-order valence-electron chi connectivity index (χ0n) is 13.4. The van der Waals surface area contributed by atoms with E-state index >= 15 is 0 Å². The summed E-state index contributed by atoms with van der Waals surface area (Å²) in [6, 6.07) is 13.4. The Hall–Kier alpha value is -1.67. The van der Waals surface area contributed by atoms with Crippen molar-refractivity contribution in [3.05, 3.63) is 65.0 Å². The molecule has 0 aliphatic carbocycles. The lowest BCUT2D eigenvalue weighted by molar-refractivity contribution is 0.497. The third-order valence-corrected chi connectivity index (χ3v) is 3.94. The van der Waals surface area contributed by atoms with Gasteiger partial charge in [0.25, 0.3) is 0 Å². The average Bonchev–Trinajstić information content (AvgIpc) is 2.50. The highest BCUT2D eigenvalue weighted by molar-refractivity contribution is 5.26. The summed E-state index contributed by atoms with van der Waals surface area (Å²) >= 11 is 0. The van der Waals surface area contributed by atoms with Crippen molar-refractivity contribution in [1.82, 2.24) is 10.3 Å². The summed E-state index contributed by atoms with van der Waals surface area (Å²) < 4.78 is 0. The molecule has 0 bridgehead atoms. The molecule has 1 heterocycles. The molecule has 2 nitrogen and oxygen atoms in total. The molecule has 0 aliphatic heterocycles. The topological polar surface area (TPSA) is 24.9 Å². The molecule has 2 aromatic rings. The van der Waals surface area contributed by atoms with Gasteiger partial charge in [-0.25, -0.2) is 0 Å². The average molecular weight is 282 g/mol. The van der Waals surface area contributed by atoms with Gasteiger partial charge in [0.15, 0.2) is 0 Å². The van der Waals surface area contributed by atoms with Crippen LogP contribution in [-0.4, -0.2) is 11.5 Å². The number of nitrogens with zero attached hydrogens (tertiary/aromatic N) is 1. The summed E-state index contributed by atoms with van der Waals surface area (Å²) in [7, 11) is 0. The van der Waals surface area contributed by atoms with Crippen LogP contribution in [-0.2, 0) is 6.42 Å². The van der Waals surface area contributed by atoms with Crippen LogP contribution >= 0.6 is 0 Å². The van der Waals surface area contributed by atoms with E-state index < -0.39 is 0 Å². The molecule has 2 rings (SSSR count). The molecule has 0 fully saturated rings. The van der Waals surface area contributed by atoms with Gasteiger partial charge in [0, 0.05) is 17.9 Å². The minimum absolute atomic E-state index is 0.387. The van der Waals surface area contributed by atoms with Crippen molar-refractivity contribution in [2.75, 3.05) is 6.54 Å². The van der Waals surface area contributed by atoms with Crippen molar-refractivity contribution in [1.29, 1.82) is 0 Å². The molecule has 112 valence electrons. The molecule has 0 aliphatic rings. The predicted molar refractivity (Wildman–Crippen MR) is 89.5 cm³/mol. The van der Waals surface area contributed by atoms with Crippen molar-refractivity contribution in [3.8, 4) is 0 Å². The van der Waals surface area contributed by atoms with Gasteiger partial charge in [-0.3, -0.25) is 4.98 Å². The number of benzene rings is 1. The highest BCUT2D eigenvalue weighted by Crippen LogP contribution is 2.20. The van der Waals surface area contributed by atoms with Gasteiger partial charge in [-0.15, -0.1) is 0 Å². The van der Waals surface area contributed by atoms with E-state index in [9.17, 15) is 0 Å². The van der Waals surface area contributed by atoms with Gasteiger partial charge in [-0.05, 0) is 62.4 Å². The predicted octanol–water partition coefficient (Wildman–Crippen LogP) is 4.37. The van der Waals surface area contributed by atoms with Gasteiger partial charge in [0.1, 0.15) is 0 Å². The molecule has 0 radical (unpaired) electrons. The molecule has 1 aromatic heterocycles. The van der Waals surface area contributed by atoms with E-state index in [1.54, 1.807) is 0 Å². The molecule has 0 spiro atoms. The normalized spacial score (nSPS) is 12.3. The minimum Gasteiger partial charge on any atom is -0.310 e. The second kappa shape index (κ2) is 7.94. The smallest absolute Gasteiger partial charge is 0.0372 e. The van der Waals surface area contributed by atoms with Gasteiger partial charge in [0.2, 0.25) is 0 Å². The lowest BCUT2D eigenvalue weighted by Crippen LogP contribution is -2.23. The Morgan fingerprint density at radius 1 is 1.10 bits per heavy atom. The number of rotatable bonds is 7. The highest BCUT2D eigenvalue weighted by atomic mass is 14.9. The van der Waals surface area contributed by atoms with Crippen LogP contribution in [0.15, 0.2) is 42.6 Å². The maximum Gasteiger partial charge on any atom is 0.0372 e. The van der Waals surface area contributed by atoms with Crippen LogP contribution in [0.3, 0.4) is 0 Å². The third kappa shape index (κ3) is 4.68. The van der Waals surface area contributed by atoms with Gasteiger partial charge in [-0.1, -0.05) is 37.3 Å². The van der Waals surface area contributed by atoms with Gasteiger partial charge >= 0.3 is 0 Å². The first kappa shape index (κ1) is 15.7. The quantitative estimate of drug-likeness (QED) is 0.815. The van der Waals surface area contributed by atoms with Gasteiger partial charge < -0.3 is 5.32 Å². The summed E-state index contributed by atoms with van der Waals surface area (Å²) in [5, 5.41) is 3.65. The van der Waals surface area contributed by atoms with Gasteiger partial charge in [-0.2, -0.15) is 0 Å². The van der Waals surface area contributed by atoms with E-state index in [0.717, 1.165) is 31.5 Å². The molecule has 1 atom stereocenters. The van der Waals surface area contributed by atoms with Crippen LogP contribution in [0.5, 0.6) is 0 Å². The maximum absolute atomic E-state index is 4.44. The zero-order chi connectivity index (χ0) is 15.1. The van der Waals surface area contributed by atoms with Crippen LogP contribution in [0.1, 0.15) is 48.2 Å². The largest absolute Gasteiger partial charge is 0.310 e. The van der Waals surface area contributed by atoms with Crippen molar-refractivity contribution in [3.63, 3.8) is 0 Å². The second-order valence-corrected chi connectivity index (χ2v) is 5.70. The molecule has 1 unspecified atom stereocenters. The summed E-state index contributed by atoms with van der Waals surface area (Å²) in [6.45, 7) is 7.48. The molecule has 0 amide bonds. The number of aromatic nitrogens is 1. The van der Waals surface area contributed by atoms with Crippen molar-refractivity contribution in [2.24, 2.45) is 0 Å². The minimum atomic E-state index is 0.387. The van der Waals surface area contributed by atoms with E-state index in [-0.39, 0.29) is 0 Å². The number of aryl methyl sites for hydroxylation is 3. The fraction of sp³-hybridized carbons (Fsp3) is 0.421. The van der Waals surface area contributed by atoms with Crippen LogP contribution in [0.2, 0.25) is 0 Å². The number of nitrogens with one attached hydrogen (secondary N) is 1. The van der Waals surface area contributed by atoms with E-state index in [1.807, 2.05) is 13.1 Å². The summed E-state index contributed by atoms with van der Waals surface area (Å²) in [4.78, 5) is 4.44. The molecular weight excluding hydrogens is 256 g/mol. The van der Waals surface area contributed by atoms with E-state index in [2.05, 4.69) is 60.5 Å². The Bertz CT molecular complexity index is 546. The Kier molecular flexibility index (Phi) is 5.94. The van der Waals surface area contributed by atoms with E-state index in [4.69, 9.17) is 0 Å². The molecular formula is C19H26N2. The first-order valence-electron chi connectivity index (χ1n) is 7.91. The number of hydrogen-bond acceptors (Lipinski definition) is 2. The Labute approximate surface area is 128 Å². The Balaban J connectivity index is 2.06. The maximum atomic E-state index is 4.44. The first-order chi connectivity index (χ1) is 10.2. The number of hydrogen-bond donors (Lipinski definition) is 1. The SMILES string of the molecule is CCCNC(CCc1ccccc1C)c1ccc(C)nc1. The van der Waals surface area contributed by atoms with Crippen molar-refractivity contribution < 1.29 is 0 Å². The summed E-state index contributed by atoms with van der Waals surface area (Å²) in [5.74, 6) is 0. The summed E-state index contributed by atoms with van der Waals surface area (Å²) in [6.07, 6.45) is 5.37. The molecule has 1 N–H and O–H groups in total. The Morgan fingerprint density at radius 3 is 2.57 bits per heavy atom. The lowest BCUT2D eigenvalue weighted by Gasteiger charge is -2.19. The van der Waals surface area contributed by atoms with E-state index in [0.29, 0.717) is 6.04 Å². The summed E-state index contributed by atoms with van der Waals surface area (Å²) in [5.41, 5.74) is 5.20. The highest BCUT2D eigenvalue weighted by Gasteiger charge is 2.11. The fourth-order valence-electron chi connectivity index (χ4n) is 2.58. The molecule has 0 saturated heterocycles. The van der Waals surface area contributed by atoms with Crippen LogP contribution < -0.4 is 5.32 Å². The van der Waals surface area contributed by atoms with Crippen molar-refractivity contribution in [2.45, 2.75) is 46.1 Å². The first-order valence-corrected chi connectivity index (χ1v) is 7.91. The zero-order valence-corrected chi connectivity index (χ0v) is 13.4. The van der Waals surface area contributed by atoms with Crippen LogP contribution in [0.4, 0.5) is 0 Å². The fourth-order valence-corrected chi connectivity index (χ4v) is 2.58. The van der Waals surface area contributed by atoms with Crippen LogP contribution in [0.25, 0.3) is 0 Å². The molecule has 1 aromatic carbocycles. The third-order valence-electron chi connectivity index (χ3n) is 3.94. The van der Waals surface area contributed by atoms with E-state index in [1.165, 1.54) is 16.7 Å². The van der Waals surface area contributed by atoms with Crippen molar-refractivity contribution >= 4 is 0 Å². The number of pyridine rings is 1. The second-order valence-electron chi connectivity index (χ2n) is 5.70. The molecule has 21 heavy (non-hydrogen) atoms. The monoisotopic (exact) mass is 282 g/mol. The van der Waals surface area contributed by atoms with Gasteiger partial charge in [0.05, 0.1) is 0 Å². The molecule has 2 heteroatoms.